The molecule has 1 heterocycles. The third kappa shape index (κ3) is 2.98. The summed E-state index contributed by atoms with van der Waals surface area (Å²) in [6.45, 7) is 2.14. The minimum atomic E-state index is -3.68. The van der Waals surface area contributed by atoms with Gasteiger partial charge in [-0.25, -0.2) is 8.42 Å². The van der Waals surface area contributed by atoms with Crippen molar-refractivity contribution >= 4 is 27.3 Å². The summed E-state index contributed by atoms with van der Waals surface area (Å²) in [6, 6.07) is 6.71. The fourth-order valence-corrected chi connectivity index (χ4v) is 3.23. The first kappa shape index (κ1) is 14.9. The summed E-state index contributed by atoms with van der Waals surface area (Å²) in [5.41, 5.74) is 7.57. The molecule has 0 saturated heterocycles. The SMILES string of the molecule is Cc1ccc(Cl)c(NS(=O)(=O)c2cc(CN)n(C)c2)c1. The molecule has 0 unspecified atom stereocenters. The zero-order valence-electron chi connectivity index (χ0n) is 11.2. The lowest BCUT2D eigenvalue weighted by Gasteiger charge is -2.09. The average Bonchev–Trinajstić information content (AvgIpc) is 2.76. The predicted molar refractivity (Wildman–Crippen MR) is 80.3 cm³/mol. The molecule has 0 atom stereocenters. The van der Waals surface area contributed by atoms with Gasteiger partial charge in [-0.3, -0.25) is 4.72 Å². The Bertz CT molecular complexity index is 738. The number of hydrogen-bond donors (Lipinski definition) is 2. The molecule has 0 radical (unpaired) electrons. The molecule has 5 nitrogen and oxygen atoms in total. The molecule has 1 aromatic carbocycles. The Morgan fingerprint density at radius 2 is 2.05 bits per heavy atom. The molecule has 0 amide bonds. The second-order valence-electron chi connectivity index (χ2n) is 4.57. The lowest BCUT2D eigenvalue weighted by molar-refractivity contribution is 0.601. The summed E-state index contributed by atoms with van der Waals surface area (Å²) in [6.07, 6.45) is 1.52. The minimum absolute atomic E-state index is 0.165. The first-order valence-corrected chi connectivity index (χ1v) is 7.84. The molecular formula is C13H16ClN3O2S. The molecule has 20 heavy (non-hydrogen) atoms. The van der Waals surface area contributed by atoms with Gasteiger partial charge in [0.25, 0.3) is 10.0 Å². The van der Waals surface area contributed by atoms with E-state index in [4.69, 9.17) is 17.3 Å². The number of anilines is 1. The molecule has 0 aliphatic carbocycles. The van der Waals surface area contributed by atoms with Gasteiger partial charge in [0.1, 0.15) is 4.90 Å². The van der Waals surface area contributed by atoms with Gasteiger partial charge in [0.15, 0.2) is 0 Å². The van der Waals surface area contributed by atoms with E-state index in [9.17, 15) is 8.42 Å². The smallest absolute Gasteiger partial charge is 0.263 e. The van der Waals surface area contributed by atoms with Crippen LogP contribution in [0.1, 0.15) is 11.3 Å². The van der Waals surface area contributed by atoms with E-state index in [1.807, 2.05) is 13.0 Å². The van der Waals surface area contributed by atoms with Crippen molar-refractivity contribution in [2.24, 2.45) is 12.8 Å². The van der Waals surface area contributed by atoms with E-state index in [0.29, 0.717) is 10.7 Å². The Morgan fingerprint density at radius 1 is 1.35 bits per heavy atom. The van der Waals surface area contributed by atoms with E-state index in [0.717, 1.165) is 11.3 Å². The van der Waals surface area contributed by atoms with Crippen molar-refractivity contribution in [2.75, 3.05) is 4.72 Å². The monoisotopic (exact) mass is 313 g/mol. The summed E-state index contributed by atoms with van der Waals surface area (Å²) in [5, 5.41) is 0.356. The summed E-state index contributed by atoms with van der Waals surface area (Å²) in [4.78, 5) is 0.165. The van der Waals surface area contributed by atoms with Gasteiger partial charge in [-0.1, -0.05) is 17.7 Å². The van der Waals surface area contributed by atoms with E-state index >= 15 is 0 Å². The lowest BCUT2D eigenvalue weighted by Crippen LogP contribution is -2.12. The Labute approximate surface area is 123 Å². The minimum Gasteiger partial charge on any atom is -0.352 e. The van der Waals surface area contributed by atoms with Crippen LogP contribution in [0.2, 0.25) is 5.02 Å². The molecule has 7 heteroatoms. The van der Waals surface area contributed by atoms with Gasteiger partial charge >= 0.3 is 0 Å². The van der Waals surface area contributed by atoms with Crippen molar-refractivity contribution < 1.29 is 8.42 Å². The van der Waals surface area contributed by atoms with E-state index in [-0.39, 0.29) is 11.4 Å². The fourth-order valence-electron chi connectivity index (χ4n) is 1.85. The molecule has 0 aliphatic heterocycles. The molecule has 0 fully saturated rings. The number of halogens is 1. The molecule has 0 bridgehead atoms. The summed E-state index contributed by atoms with van der Waals surface area (Å²) < 4.78 is 28.8. The van der Waals surface area contributed by atoms with Gasteiger partial charge in [0.2, 0.25) is 0 Å². The summed E-state index contributed by atoms with van der Waals surface area (Å²) in [5.74, 6) is 0. The quantitative estimate of drug-likeness (QED) is 0.908. The highest BCUT2D eigenvalue weighted by Crippen LogP contribution is 2.26. The van der Waals surface area contributed by atoms with Crippen molar-refractivity contribution in [1.29, 1.82) is 0 Å². The first-order valence-electron chi connectivity index (χ1n) is 5.98. The van der Waals surface area contributed by atoms with Crippen molar-refractivity contribution in [3.05, 3.63) is 46.7 Å². The van der Waals surface area contributed by atoms with E-state index < -0.39 is 10.0 Å². The maximum Gasteiger partial charge on any atom is 0.263 e. The summed E-state index contributed by atoms with van der Waals surface area (Å²) >= 11 is 6.00. The van der Waals surface area contributed by atoms with Crippen LogP contribution in [0.4, 0.5) is 5.69 Å². The molecule has 2 rings (SSSR count). The van der Waals surface area contributed by atoms with Gasteiger partial charge in [0, 0.05) is 25.5 Å². The lowest BCUT2D eigenvalue weighted by atomic mass is 10.2. The maximum atomic E-state index is 12.3. The Balaban J connectivity index is 2.37. The number of aromatic nitrogens is 1. The van der Waals surface area contributed by atoms with Crippen molar-refractivity contribution in [2.45, 2.75) is 18.4 Å². The van der Waals surface area contributed by atoms with Crippen LogP contribution in [0.5, 0.6) is 0 Å². The Hall–Kier alpha value is -1.50. The Kier molecular flexibility index (Phi) is 4.08. The van der Waals surface area contributed by atoms with Crippen LogP contribution >= 0.6 is 11.6 Å². The highest BCUT2D eigenvalue weighted by Gasteiger charge is 2.18. The van der Waals surface area contributed by atoms with Gasteiger partial charge in [-0.2, -0.15) is 0 Å². The van der Waals surface area contributed by atoms with Crippen molar-refractivity contribution in [3.63, 3.8) is 0 Å². The van der Waals surface area contributed by atoms with Crippen LogP contribution in [-0.4, -0.2) is 13.0 Å². The second-order valence-corrected chi connectivity index (χ2v) is 6.66. The highest BCUT2D eigenvalue weighted by atomic mass is 35.5. The predicted octanol–water partition coefficient (Wildman–Crippen LogP) is 2.25. The average molecular weight is 314 g/mol. The van der Waals surface area contributed by atoms with Crippen molar-refractivity contribution in [3.8, 4) is 0 Å². The van der Waals surface area contributed by atoms with Crippen LogP contribution in [-0.2, 0) is 23.6 Å². The second kappa shape index (κ2) is 5.47. The third-order valence-electron chi connectivity index (χ3n) is 2.97. The van der Waals surface area contributed by atoms with Crippen LogP contribution < -0.4 is 10.5 Å². The number of benzene rings is 1. The Morgan fingerprint density at radius 3 is 2.65 bits per heavy atom. The largest absolute Gasteiger partial charge is 0.352 e. The van der Waals surface area contributed by atoms with E-state index in [2.05, 4.69) is 4.72 Å². The van der Waals surface area contributed by atoms with Gasteiger partial charge in [-0.15, -0.1) is 0 Å². The van der Waals surface area contributed by atoms with E-state index in [1.54, 1.807) is 29.8 Å². The molecule has 1 aromatic heterocycles. The van der Waals surface area contributed by atoms with Gasteiger partial charge < -0.3 is 10.3 Å². The third-order valence-corrected chi connectivity index (χ3v) is 4.63. The number of nitrogens with two attached hydrogens (primary N) is 1. The molecular weight excluding hydrogens is 298 g/mol. The van der Waals surface area contributed by atoms with Crippen LogP contribution in [0.15, 0.2) is 35.4 Å². The standard InChI is InChI=1S/C13H16ClN3O2S/c1-9-3-4-12(14)13(5-9)16-20(18,19)11-6-10(7-15)17(2)8-11/h3-6,8,16H,7,15H2,1-2H3. The zero-order chi connectivity index (χ0) is 14.9. The maximum absolute atomic E-state index is 12.3. The molecule has 0 saturated carbocycles. The fraction of sp³-hybridized carbons (Fsp3) is 0.231. The molecule has 0 aliphatic rings. The van der Waals surface area contributed by atoms with Gasteiger partial charge in [-0.05, 0) is 30.7 Å². The number of hydrogen-bond acceptors (Lipinski definition) is 3. The number of rotatable bonds is 4. The van der Waals surface area contributed by atoms with Crippen LogP contribution in [0.3, 0.4) is 0 Å². The number of aryl methyl sites for hydroxylation is 2. The topological polar surface area (TPSA) is 77.1 Å². The molecule has 108 valence electrons. The van der Waals surface area contributed by atoms with E-state index in [1.165, 1.54) is 6.20 Å². The molecule has 3 N–H and O–H groups in total. The molecule has 2 aromatic rings. The molecule has 0 spiro atoms. The van der Waals surface area contributed by atoms with Crippen LogP contribution in [0, 0.1) is 6.92 Å². The highest BCUT2D eigenvalue weighted by molar-refractivity contribution is 7.92. The summed E-state index contributed by atoms with van der Waals surface area (Å²) in [7, 11) is -1.92. The number of nitrogens with one attached hydrogen (secondary N) is 1. The van der Waals surface area contributed by atoms with Gasteiger partial charge in [0.05, 0.1) is 10.7 Å². The van der Waals surface area contributed by atoms with Crippen molar-refractivity contribution in [1.82, 2.24) is 4.57 Å². The normalized spacial score (nSPS) is 11.6. The first-order chi connectivity index (χ1) is 9.33. The number of nitrogens with zero attached hydrogens (tertiary/aromatic N) is 1. The van der Waals surface area contributed by atoms with Crippen LogP contribution in [0.25, 0.3) is 0 Å². The number of sulfonamides is 1. The zero-order valence-corrected chi connectivity index (χ0v) is 12.8.